The molecule has 61 heavy (non-hydrogen) atoms. The largest absolute Gasteiger partial charge is 0.309 e. The maximum absolute atomic E-state index is 5.42. The number of nitrogens with zero attached hydrogens (tertiary/aromatic N) is 4. The first-order valence-electron chi connectivity index (χ1n) is 20.7. The Bertz CT molecular complexity index is 3870. The summed E-state index contributed by atoms with van der Waals surface area (Å²) in [6.07, 6.45) is 0. The van der Waals surface area contributed by atoms with E-state index in [0.29, 0.717) is 5.95 Å². The zero-order chi connectivity index (χ0) is 40.0. The molecule has 5 heteroatoms. The van der Waals surface area contributed by atoms with Crippen molar-refractivity contribution in [2.45, 2.75) is 0 Å². The summed E-state index contributed by atoms with van der Waals surface area (Å²) in [5, 5.41) is 8.46. The molecule has 9 aromatic carbocycles. The highest BCUT2D eigenvalue weighted by Crippen LogP contribution is 2.42. The van der Waals surface area contributed by atoms with Gasteiger partial charge in [-0.3, -0.25) is 4.57 Å². The molecule has 0 saturated heterocycles. The third kappa shape index (κ3) is 5.24. The third-order valence-corrected chi connectivity index (χ3v) is 13.6. The molecule has 0 spiro atoms. The molecular weight excluding hydrogens is 761 g/mol. The van der Waals surface area contributed by atoms with E-state index in [1.807, 2.05) is 11.3 Å². The quantitative estimate of drug-likeness (QED) is 0.174. The van der Waals surface area contributed by atoms with Crippen molar-refractivity contribution < 1.29 is 0 Å². The number of hydrogen-bond donors (Lipinski definition) is 0. The summed E-state index contributed by atoms with van der Waals surface area (Å²) in [4.78, 5) is 10.7. The lowest BCUT2D eigenvalue weighted by Crippen LogP contribution is -2.03. The Balaban J connectivity index is 0.944. The highest BCUT2D eigenvalue weighted by molar-refractivity contribution is 7.26. The lowest BCUT2D eigenvalue weighted by Gasteiger charge is -2.12. The second-order valence-electron chi connectivity index (χ2n) is 15.8. The van der Waals surface area contributed by atoms with E-state index in [1.165, 1.54) is 69.6 Å². The van der Waals surface area contributed by atoms with Gasteiger partial charge < -0.3 is 4.57 Å². The molecule has 0 aliphatic rings. The van der Waals surface area contributed by atoms with Crippen molar-refractivity contribution in [1.29, 1.82) is 0 Å². The zero-order valence-electron chi connectivity index (χ0n) is 32.8. The number of benzene rings is 9. The van der Waals surface area contributed by atoms with Gasteiger partial charge in [0.2, 0.25) is 5.95 Å². The molecule has 0 fully saturated rings. The summed E-state index contributed by atoms with van der Waals surface area (Å²) in [6, 6.07) is 74.3. The van der Waals surface area contributed by atoms with Crippen molar-refractivity contribution in [2.24, 2.45) is 0 Å². The van der Waals surface area contributed by atoms with Gasteiger partial charge in [-0.2, -0.15) is 0 Å². The van der Waals surface area contributed by atoms with Gasteiger partial charge in [-0.05, 0) is 82.9 Å². The van der Waals surface area contributed by atoms with E-state index in [0.717, 1.165) is 44.3 Å². The number of thiophene rings is 1. The predicted molar refractivity (Wildman–Crippen MR) is 257 cm³/mol. The van der Waals surface area contributed by atoms with Crippen LogP contribution in [0.25, 0.3) is 120 Å². The van der Waals surface area contributed by atoms with Crippen LogP contribution in [0.1, 0.15) is 0 Å². The topological polar surface area (TPSA) is 35.6 Å². The fourth-order valence-corrected chi connectivity index (χ4v) is 10.8. The summed E-state index contributed by atoms with van der Waals surface area (Å²) < 4.78 is 7.23. The van der Waals surface area contributed by atoms with Crippen molar-refractivity contribution in [2.75, 3.05) is 0 Å². The second-order valence-corrected chi connectivity index (χ2v) is 16.8. The van der Waals surface area contributed by atoms with Crippen molar-refractivity contribution in [1.82, 2.24) is 19.1 Å². The summed E-state index contributed by atoms with van der Waals surface area (Å²) in [6.45, 7) is 0. The summed E-state index contributed by atoms with van der Waals surface area (Å²) in [5.41, 5.74) is 13.4. The molecule has 4 aromatic heterocycles. The molecule has 0 unspecified atom stereocenters. The molecule has 0 saturated carbocycles. The minimum atomic E-state index is 0.655. The van der Waals surface area contributed by atoms with Crippen LogP contribution < -0.4 is 0 Å². The van der Waals surface area contributed by atoms with Gasteiger partial charge in [-0.25, -0.2) is 9.97 Å². The lowest BCUT2D eigenvalue weighted by molar-refractivity contribution is 1.01. The highest BCUT2D eigenvalue weighted by Gasteiger charge is 2.19. The van der Waals surface area contributed by atoms with Crippen LogP contribution in [0.15, 0.2) is 206 Å². The monoisotopic (exact) mass is 794 g/mol. The SMILES string of the molecule is c1ccc(-n2c3ccccc3c3cc(-c4ccc5c(c4)c4ccccc4n5-c4nc(-c5ccc(-c6cccc7c6sc6ccccc67)cc5)c5ccccc5n4)ccc32)cc1. The van der Waals surface area contributed by atoms with Gasteiger partial charge in [0, 0.05) is 58.4 Å². The van der Waals surface area contributed by atoms with E-state index >= 15 is 0 Å². The molecule has 0 amide bonds. The van der Waals surface area contributed by atoms with Crippen LogP contribution in [0.3, 0.4) is 0 Å². The molecule has 4 nitrogen and oxygen atoms in total. The summed E-state index contributed by atoms with van der Waals surface area (Å²) in [7, 11) is 0. The molecule has 0 aliphatic heterocycles. The number of aromatic nitrogens is 4. The Hall–Kier alpha value is -7.86. The van der Waals surface area contributed by atoms with E-state index in [9.17, 15) is 0 Å². The first-order valence-corrected chi connectivity index (χ1v) is 21.5. The Kier molecular flexibility index (Phi) is 7.44. The van der Waals surface area contributed by atoms with E-state index in [2.05, 4.69) is 215 Å². The van der Waals surface area contributed by atoms with Crippen molar-refractivity contribution >= 4 is 86.0 Å². The Morgan fingerprint density at radius 3 is 1.62 bits per heavy atom. The fraction of sp³-hybridized carbons (Fsp3) is 0. The summed E-state index contributed by atoms with van der Waals surface area (Å²) >= 11 is 1.86. The van der Waals surface area contributed by atoms with Gasteiger partial charge >= 0.3 is 0 Å². The van der Waals surface area contributed by atoms with Crippen LogP contribution in [0.2, 0.25) is 0 Å². The normalized spacial score (nSPS) is 11.9. The molecule has 0 aliphatic carbocycles. The van der Waals surface area contributed by atoms with Crippen LogP contribution >= 0.6 is 11.3 Å². The number of para-hydroxylation sites is 4. The summed E-state index contributed by atoms with van der Waals surface area (Å²) in [5.74, 6) is 0.655. The molecule has 0 radical (unpaired) electrons. The number of hydrogen-bond acceptors (Lipinski definition) is 3. The first-order chi connectivity index (χ1) is 30.2. The van der Waals surface area contributed by atoms with E-state index in [-0.39, 0.29) is 0 Å². The maximum Gasteiger partial charge on any atom is 0.235 e. The van der Waals surface area contributed by atoms with Crippen LogP contribution in [0.4, 0.5) is 0 Å². The van der Waals surface area contributed by atoms with Crippen molar-refractivity contribution in [3.8, 4) is 45.1 Å². The molecule has 0 bridgehead atoms. The highest BCUT2D eigenvalue weighted by atomic mass is 32.1. The molecule has 13 rings (SSSR count). The van der Waals surface area contributed by atoms with Crippen molar-refractivity contribution in [3.63, 3.8) is 0 Å². The van der Waals surface area contributed by atoms with Crippen LogP contribution in [-0.4, -0.2) is 19.1 Å². The Morgan fingerprint density at radius 2 is 0.885 bits per heavy atom. The minimum Gasteiger partial charge on any atom is -0.309 e. The molecule has 13 aromatic rings. The van der Waals surface area contributed by atoms with Gasteiger partial charge in [0.15, 0.2) is 0 Å². The van der Waals surface area contributed by atoms with Gasteiger partial charge in [0.05, 0.1) is 33.3 Å². The lowest BCUT2D eigenvalue weighted by atomic mass is 9.99. The van der Waals surface area contributed by atoms with E-state index < -0.39 is 0 Å². The first kappa shape index (κ1) is 34.0. The smallest absolute Gasteiger partial charge is 0.235 e. The van der Waals surface area contributed by atoms with Crippen LogP contribution in [-0.2, 0) is 0 Å². The number of rotatable bonds is 5. The van der Waals surface area contributed by atoms with Gasteiger partial charge in [-0.15, -0.1) is 11.3 Å². The molecule has 4 heterocycles. The zero-order valence-corrected chi connectivity index (χ0v) is 33.6. The molecule has 284 valence electrons. The van der Waals surface area contributed by atoms with Crippen molar-refractivity contribution in [3.05, 3.63) is 206 Å². The van der Waals surface area contributed by atoms with Gasteiger partial charge in [-0.1, -0.05) is 146 Å². The average molecular weight is 795 g/mol. The van der Waals surface area contributed by atoms with Gasteiger partial charge in [0.1, 0.15) is 0 Å². The maximum atomic E-state index is 5.42. The Morgan fingerprint density at radius 1 is 0.344 bits per heavy atom. The van der Waals surface area contributed by atoms with Gasteiger partial charge in [0.25, 0.3) is 0 Å². The van der Waals surface area contributed by atoms with Crippen LogP contribution in [0, 0.1) is 0 Å². The number of fused-ring (bicyclic) bond motifs is 10. The minimum absolute atomic E-state index is 0.655. The predicted octanol–water partition coefficient (Wildman–Crippen LogP) is 15.2. The fourth-order valence-electron chi connectivity index (χ4n) is 9.54. The standard InChI is InChI=1S/C56H34N4S/c1-2-13-39(14-3-1)59-49-22-9-5-15-41(49)46-33-37(29-31-51(46)59)38-30-32-52-47(34-38)42-16-6-10-23-50(42)60(52)56-57-48-21-8-4-18-45(48)54(58-56)36-27-25-35(26-28-36)40-19-12-20-44-43-17-7-11-24-53(43)61-55(40)44/h1-34H. The third-order valence-electron chi connectivity index (χ3n) is 12.4. The average Bonchev–Trinajstić information content (AvgIpc) is 3.99. The van der Waals surface area contributed by atoms with Crippen LogP contribution in [0.5, 0.6) is 0 Å². The van der Waals surface area contributed by atoms with E-state index in [1.54, 1.807) is 0 Å². The Labute approximate surface area is 354 Å². The second kappa shape index (κ2) is 13.3. The van der Waals surface area contributed by atoms with E-state index in [4.69, 9.17) is 9.97 Å². The molecular formula is C56H34N4S. The molecule has 0 N–H and O–H groups in total. The molecule has 0 atom stereocenters.